The van der Waals surface area contributed by atoms with E-state index in [1.165, 1.54) is 0 Å². The summed E-state index contributed by atoms with van der Waals surface area (Å²) >= 11 is 6.20. The molecular weight excluding hydrogens is 336 g/mol. The first-order valence-electron chi connectivity index (χ1n) is 8.47. The van der Waals surface area contributed by atoms with Crippen LogP contribution in [0.3, 0.4) is 0 Å². The summed E-state index contributed by atoms with van der Waals surface area (Å²) in [4.78, 5) is 28.7. The number of carbonyl (C=O) groups excluding carboxylic acids is 2. The second-order valence-electron chi connectivity index (χ2n) is 6.19. The summed E-state index contributed by atoms with van der Waals surface area (Å²) in [5.41, 5.74) is 1.76. The minimum absolute atomic E-state index is 0.0225. The third-order valence-corrected chi connectivity index (χ3v) is 4.85. The molecule has 25 heavy (non-hydrogen) atoms. The van der Waals surface area contributed by atoms with Gasteiger partial charge in [-0.1, -0.05) is 54.1 Å². The van der Waals surface area contributed by atoms with E-state index in [1.807, 2.05) is 60.4 Å². The number of benzene rings is 2. The van der Waals surface area contributed by atoms with Crippen molar-refractivity contribution in [2.45, 2.75) is 19.9 Å². The monoisotopic (exact) mass is 356 g/mol. The molecule has 2 aromatic carbocycles. The van der Waals surface area contributed by atoms with Gasteiger partial charge in [0.1, 0.15) is 0 Å². The quantitative estimate of drug-likeness (QED) is 0.818. The largest absolute Gasteiger partial charge is 0.338 e. The SMILES string of the molecule is CCN(Cc1ccccc1)C(=O)C1CC(=O)N(c2ccccc2Cl)C1. The van der Waals surface area contributed by atoms with Crippen molar-refractivity contribution in [1.29, 1.82) is 0 Å². The van der Waals surface area contributed by atoms with Crippen LogP contribution in [-0.2, 0) is 16.1 Å². The summed E-state index contributed by atoms with van der Waals surface area (Å²) in [5.74, 6) is -0.357. The molecule has 0 aromatic heterocycles. The summed E-state index contributed by atoms with van der Waals surface area (Å²) in [7, 11) is 0. The first-order valence-corrected chi connectivity index (χ1v) is 8.85. The van der Waals surface area contributed by atoms with Gasteiger partial charge in [-0.25, -0.2) is 0 Å². The van der Waals surface area contributed by atoms with Crippen molar-refractivity contribution in [1.82, 2.24) is 4.90 Å². The van der Waals surface area contributed by atoms with Crippen molar-refractivity contribution < 1.29 is 9.59 Å². The number of hydrogen-bond acceptors (Lipinski definition) is 2. The smallest absolute Gasteiger partial charge is 0.228 e. The van der Waals surface area contributed by atoms with Crippen LogP contribution in [0.1, 0.15) is 18.9 Å². The standard InChI is InChI=1S/C20H21ClN2O2/c1-2-22(13-15-8-4-3-5-9-15)20(25)16-12-19(24)23(14-16)18-11-7-6-10-17(18)21/h3-11,16H,2,12-14H2,1H3. The predicted molar refractivity (Wildman–Crippen MR) is 99.4 cm³/mol. The Bertz CT molecular complexity index is 763. The van der Waals surface area contributed by atoms with Crippen LogP contribution >= 0.6 is 11.6 Å². The van der Waals surface area contributed by atoms with Crippen LogP contribution in [0, 0.1) is 5.92 Å². The number of amides is 2. The number of carbonyl (C=O) groups is 2. The van der Waals surface area contributed by atoms with Gasteiger partial charge in [-0.05, 0) is 24.6 Å². The van der Waals surface area contributed by atoms with Crippen LogP contribution in [0.25, 0.3) is 0 Å². The number of nitrogens with zero attached hydrogens (tertiary/aromatic N) is 2. The minimum atomic E-state index is -0.326. The highest BCUT2D eigenvalue weighted by Gasteiger charge is 2.37. The molecule has 0 N–H and O–H groups in total. The van der Waals surface area contributed by atoms with Gasteiger partial charge in [-0.3, -0.25) is 9.59 Å². The van der Waals surface area contributed by atoms with E-state index in [9.17, 15) is 9.59 Å². The molecule has 0 radical (unpaired) electrons. The highest BCUT2D eigenvalue weighted by atomic mass is 35.5. The molecule has 1 saturated heterocycles. The molecule has 3 rings (SSSR count). The van der Waals surface area contributed by atoms with Crippen molar-refractivity contribution in [2.24, 2.45) is 5.92 Å². The van der Waals surface area contributed by atoms with Crippen LogP contribution < -0.4 is 4.90 Å². The first kappa shape index (κ1) is 17.5. The van der Waals surface area contributed by atoms with Crippen LogP contribution in [-0.4, -0.2) is 29.8 Å². The average Bonchev–Trinajstić information content (AvgIpc) is 3.02. The fraction of sp³-hybridized carbons (Fsp3) is 0.300. The van der Waals surface area contributed by atoms with Crippen molar-refractivity contribution in [3.05, 3.63) is 65.2 Å². The van der Waals surface area contributed by atoms with Gasteiger partial charge in [0, 0.05) is 26.1 Å². The average molecular weight is 357 g/mol. The second kappa shape index (κ2) is 7.70. The molecule has 1 aliphatic rings. The van der Waals surface area contributed by atoms with E-state index in [2.05, 4.69) is 0 Å². The third-order valence-electron chi connectivity index (χ3n) is 4.53. The molecule has 1 fully saturated rings. The second-order valence-corrected chi connectivity index (χ2v) is 6.60. The molecule has 1 unspecified atom stereocenters. The minimum Gasteiger partial charge on any atom is -0.338 e. The topological polar surface area (TPSA) is 40.6 Å². The summed E-state index contributed by atoms with van der Waals surface area (Å²) in [5, 5.41) is 0.528. The lowest BCUT2D eigenvalue weighted by atomic mass is 10.1. The Hall–Kier alpha value is -2.33. The molecule has 130 valence electrons. The Balaban J connectivity index is 1.72. The summed E-state index contributed by atoms with van der Waals surface area (Å²) in [6, 6.07) is 17.1. The molecule has 4 nitrogen and oxygen atoms in total. The lowest BCUT2D eigenvalue weighted by molar-refractivity contribution is -0.136. The number of rotatable bonds is 5. The molecule has 5 heteroatoms. The summed E-state index contributed by atoms with van der Waals surface area (Å²) < 4.78 is 0. The summed E-state index contributed by atoms with van der Waals surface area (Å²) in [6.45, 7) is 3.52. The van der Waals surface area contributed by atoms with E-state index >= 15 is 0 Å². The van der Waals surface area contributed by atoms with Crippen molar-refractivity contribution >= 4 is 29.1 Å². The van der Waals surface area contributed by atoms with Crippen LogP contribution in [0.5, 0.6) is 0 Å². The van der Waals surface area contributed by atoms with Gasteiger partial charge in [0.2, 0.25) is 11.8 Å². The maximum absolute atomic E-state index is 12.9. The van der Waals surface area contributed by atoms with Crippen LogP contribution in [0.15, 0.2) is 54.6 Å². The molecule has 2 amide bonds. The Labute approximate surface area is 153 Å². The molecule has 0 aliphatic carbocycles. The Kier molecular flexibility index (Phi) is 5.39. The van der Waals surface area contributed by atoms with Gasteiger partial charge in [0.15, 0.2) is 0 Å². The zero-order chi connectivity index (χ0) is 17.8. The number of halogens is 1. The van der Waals surface area contributed by atoms with Crippen LogP contribution in [0.4, 0.5) is 5.69 Å². The van der Waals surface area contributed by atoms with Gasteiger partial charge in [-0.2, -0.15) is 0 Å². The third kappa shape index (κ3) is 3.85. The zero-order valence-electron chi connectivity index (χ0n) is 14.2. The van der Waals surface area contributed by atoms with E-state index in [1.54, 1.807) is 11.0 Å². The molecule has 1 atom stereocenters. The molecule has 1 heterocycles. The van der Waals surface area contributed by atoms with E-state index in [4.69, 9.17) is 11.6 Å². The van der Waals surface area contributed by atoms with E-state index in [0.29, 0.717) is 30.3 Å². The molecule has 0 saturated carbocycles. The Morgan fingerprint density at radius 2 is 1.84 bits per heavy atom. The van der Waals surface area contributed by atoms with Gasteiger partial charge < -0.3 is 9.80 Å². The van der Waals surface area contributed by atoms with Crippen molar-refractivity contribution in [3.8, 4) is 0 Å². The zero-order valence-corrected chi connectivity index (χ0v) is 14.9. The first-order chi connectivity index (χ1) is 12.1. The normalized spacial score (nSPS) is 17.0. The maximum Gasteiger partial charge on any atom is 0.228 e. The lowest BCUT2D eigenvalue weighted by Gasteiger charge is -2.24. The number of para-hydroxylation sites is 1. The number of hydrogen-bond donors (Lipinski definition) is 0. The fourth-order valence-electron chi connectivity index (χ4n) is 3.18. The van der Waals surface area contributed by atoms with Crippen molar-refractivity contribution in [3.63, 3.8) is 0 Å². The van der Waals surface area contributed by atoms with Crippen molar-refractivity contribution in [2.75, 3.05) is 18.0 Å². The van der Waals surface area contributed by atoms with E-state index in [-0.39, 0.29) is 24.2 Å². The molecular formula is C20H21ClN2O2. The summed E-state index contributed by atoms with van der Waals surface area (Å²) in [6.07, 6.45) is 0.231. The molecule has 0 spiro atoms. The van der Waals surface area contributed by atoms with Gasteiger partial charge in [-0.15, -0.1) is 0 Å². The van der Waals surface area contributed by atoms with E-state index in [0.717, 1.165) is 5.56 Å². The maximum atomic E-state index is 12.9. The predicted octanol–water partition coefficient (Wildman–Crippen LogP) is 3.74. The number of anilines is 1. The lowest BCUT2D eigenvalue weighted by Crippen LogP contribution is -2.37. The van der Waals surface area contributed by atoms with E-state index < -0.39 is 0 Å². The molecule has 0 bridgehead atoms. The Morgan fingerprint density at radius 1 is 1.16 bits per heavy atom. The van der Waals surface area contributed by atoms with Crippen LogP contribution in [0.2, 0.25) is 5.02 Å². The Morgan fingerprint density at radius 3 is 2.52 bits per heavy atom. The van der Waals surface area contributed by atoms with Gasteiger partial charge in [0.05, 0.1) is 16.6 Å². The highest BCUT2D eigenvalue weighted by Crippen LogP contribution is 2.31. The molecule has 2 aromatic rings. The molecule has 1 aliphatic heterocycles. The highest BCUT2D eigenvalue weighted by molar-refractivity contribution is 6.33. The van der Waals surface area contributed by atoms with Gasteiger partial charge in [0.25, 0.3) is 0 Å². The van der Waals surface area contributed by atoms with Gasteiger partial charge >= 0.3 is 0 Å². The fourth-order valence-corrected chi connectivity index (χ4v) is 3.42.